The average molecular weight is 284 g/mol. The van der Waals surface area contributed by atoms with E-state index < -0.39 is 22.4 Å². The van der Waals surface area contributed by atoms with E-state index in [9.17, 15) is 23.3 Å². The first-order valence-electron chi connectivity index (χ1n) is 5.20. The lowest BCUT2D eigenvalue weighted by Gasteiger charge is -2.07. The van der Waals surface area contributed by atoms with Gasteiger partial charge in [0.05, 0.1) is 17.1 Å². The van der Waals surface area contributed by atoms with Crippen LogP contribution in [-0.2, 0) is 0 Å². The highest BCUT2D eigenvalue weighted by atomic mass is 19.2. The van der Waals surface area contributed by atoms with Gasteiger partial charge in [0.2, 0.25) is 0 Å². The monoisotopic (exact) mass is 284 g/mol. The molecule has 2 aromatic rings. The van der Waals surface area contributed by atoms with E-state index in [-0.39, 0.29) is 23.0 Å². The van der Waals surface area contributed by atoms with Crippen molar-refractivity contribution in [1.29, 1.82) is 0 Å². The Hall–Kier alpha value is -2.84. The number of hydrogen-bond donors (Lipinski definition) is 2. The van der Waals surface area contributed by atoms with Crippen LogP contribution in [0.5, 0.6) is 0 Å². The summed E-state index contributed by atoms with van der Waals surface area (Å²) in [5.74, 6) is -4.65. The maximum absolute atomic E-state index is 13.0. The zero-order valence-corrected chi connectivity index (χ0v) is 9.73. The Kier molecular flexibility index (Phi) is 3.42. The van der Waals surface area contributed by atoms with Gasteiger partial charge in [-0.05, 0) is 0 Å². The second-order valence-electron chi connectivity index (χ2n) is 3.77. The Bertz CT molecular complexity index is 670. The summed E-state index contributed by atoms with van der Waals surface area (Å²) in [6, 6.07) is 3.43. The van der Waals surface area contributed by atoms with Crippen molar-refractivity contribution in [3.63, 3.8) is 0 Å². The van der Waals surface area contributed by atoms with Gasteiger partial charge in [-0.25, -0.2) is 18.2 Å². The number of nitrogens with two attached hydrogens (primary N) is 1. The van der Waals surface area contributed by atoms with Gasteiger partial charge in [0.1, 0.15) is 11.6 Å². The zero-order valence-electron chi connectivity index (χ0n) is 9.73. The van der Waals surface area contributed by atoms with E-state index in [0.29, 0.717) is 12.1 Å². The van der Waals surface area contributed by atoms with Crippen LogP contribution in [0.4, 0.5) is 36.2 Å². The molecule has 0 fully saturated rings. The molecule has 0 saturated heterocycles. The number of nitro groups is 1. The lowest BCUT2D eigenvalue weighted by Crippen LogP contribution is -2.01. The number of aromatic nitrogens is 1. The first kappa shape index (κ1) is 13.6. The molecule has 0 bridgehead atoms. The van der Waals surface area contributed by atoms with Crippen molar-refractivity contribution in [3.05, 3.63) is 51.8 Å². The fraction of sp³-hybridized carbons (Fsp3) is 0. The SMILES string of the molecule is Nc1cc([N+](=O)[O-])cc(Nc2cc(F)c(F)c(F)c2)n1. The maximum Gasteiger partial charge on any atom is 0.276 e. The fourth-order valence-electron chi connectivity index (χ4n) is 1.48. The van der Waals surface area contributed by atoms with Crippen molar-refractivity contribution in [2.45, 2.75) is 0 Å². The van der Waals surface area contributed by atoms with Gasteiger partial charge >= 0.3 is 0 Å². The fourth-order valence-corrected chi connectivity index (χ4v) is 1.48. The molecule has 0 spiro atoms. The standard InChI is InChI=1S/C11H7F3N4O2/c12-7-1-5(2-8(13)11(7)14)16-10-4-6(18(19)20)3-9(15)17-10/h1-4H,(H3,15,16,17). The number of nitrogen functional groups attached to an aromatic ring is 1. The van der Waals surface area contributed by atoms with Gasteiger partial charge in [-0.15, -0.1) is 0 Å². The van der Waals surface area contributed by atoms with Crippen molar-refractivity contribution >= 4 is 23.0 Å². The quantitative estimate of drug-likeness (QED) is 0.513. The molecule has 0 amide bonds. The third-order valence-corrected chi connectivity index (χ3v) is 2.30. The van der Waals surface area contributed by atoms with Gasteiger partial charge in [-0.2, -0.15) is 0 Å². The summed E-state index contributed by atoms with van der Waals surface area (Å²) >= 11 is 0. The van der Waals surface area contributed by atoms with E-state index in [2.05, 4.69) is 10.3 Å². The smallest absolute Gasteiger partial charge is 0.276 e. The van der Waals surface area contributed by atoms with Gasteiger partial charge in [-0.1, -0.05) is 0 Å². The van der Waals surface area contributed by atoms with Gasteiger partial charge in [0, 0.05) is 17.8 Å². The molecule has 2 rings (SSSR count). The molecular formula is C11H7F3N4O2. The van der Waals surface area contributed by atoms with Crippen LogP contribution in [-0.4, -0.2) is 9.91 Å². The Balaban J connectivity index is 2.37. The molecule has 1 aromatic carbocycles. The van der Waals surface area contributed by atoms with Crippen LogP contribution in [0.25, 0.3) is 0 Å². The molecule has 9 heteroatoms. The minimum absolute atomic E-state index is 0.0953. The molecule has 3 N–H and O–H groups in total. The van der Waals surface area contributed by atoms with Gasteiger partial charge < -0.3 is 11.1 Å². The number of hydrogen-bond acceptors (Lipinski definition) is 5. The Labute approximate surface area is 110 Å². The highest BCUT2D eigenvalue weighted by Crippen LogP contribution is 2.24. The third-order valence-electron chi connectivity index (χ3n) is 2.30. The van der Waals surface area contributed by atoms with Crippen LogP contribution in [0.15, 0.2) is 24.3 Å². The second-order valence-corrected chi connectivity index (χ2v) is 3.77. The maximum atomic E-state index is 13.0. The molecular weight excluding hydrogens is 277 g/mol. The predicted octanol–water partition coefficient (Wildman–Crippen LogP) is 2.73. The molecule has 20 heavy (non-hydrogen) atoms. The number of halogens is 3. The van der Waals surface area contributed by atoms with Gasteiger partial charge in [0.25, 0.3) is 5.69 Å². The summed E-state index contributed by atoms with van der Waals surface area (Å²) in [5, 5.41) is 13.0. The highest BCUT2D eigenvalue weighted by molar-refractivity contribution is 5.61. The molecule has 0 unspecified atom stereocenters. The van der Waals surface area contributed by atoms with Crippen molar-refractivity contribution in [1.82, 2.24) is 4.98 Å². The molecule has 0 aliphatic heterocycles. The van der Waals surface area contributed by atoms with Crippen molar-refractivity contribution < 1.29 is 18.1 Å². The zero-order chi connectivity index (χ0) is 14.9. The number of pyridine rings is 1. The largest absolute Gasteiger partial charge is 0.383 e. The number of anilines is 3. The molecule has 0 atom stereocenters. The number of benzene rings is 1. The van der Waals surface area contributed by atoms with Crippen LogP contribution in [0.2, 0.25) is 0 Å². The predicted molar refractivity (Wildman–Crippen MR) is 64.9 cm³/mol. The van der Waals surface area contributed by atoms with E-state index in [4.69, 9.17) is 5.73 Å². The average Bonchev–Trinajstić information content (AvgIpc) is 2.35. The first-order chi connectivity index (χ1) is 9.36. The van der Waals surface area contributed by atoms with Crippen molar-refractivity contribution in [2.24, 2.45) is 0 Å². The minimum Gasteiger partial charge on any atom is -0.383 e. The molecule has 0 saturated carbocycles. The molecule has 0 aliphatic rings. The molecule has 0 aliphatic carbocycles. The van der Waals surface area contributed by atoms with E-state index in [1.54, 1.807) is 0 Å². The van der Waals surface area contributed by atoms with Crippen LogP contribution < -0.4 is 11.1 Å². The van der Waals surface area contributed by atoms with Crippen LogP contribution in [0, 0.1) is 27.6 Å². The van der Waals surface area contributed by atoms with E-state index >= 15 is 0 Å². The van der Waals surface area contributed by atoms with Crippen molar-refractivity contribution in [3.8, 4) is 0 Å². The van der Waals surface area contributed by atoms with E-state index in [1.165, 1.54) is 0 Å². The van der Waals surface area contributed by atoms with Crippen LogP contribution in [0.1, 0.15) is 0 Å². The second kappa shape index (κ2) is 5.03. The Morgan fingerprint density at radius 2 is 1.75 bits per heavy atom. The first-order valence-corrected chi connectivity index (χ1v) is 5.20. The number of rotatable bonds is 3. The van der Waals surface area contributed by atoms with E-state index in [0.717, 1.165) is 12.1 Å². The summed E-state index contributed by atoms with van der Waals surface area (Å²) in [7, 11) is 0. The number of nitrogens with zero attached hydrogens (tertiary/aromatic N) is 2. The minimum atomic E-state index is -1.61. The lowest BCUT2D eigenvalue weighted by atomic mass is 10.2. The molecule has 0 radical (unpaired) electrons. The molecule has 6 nitrogen and oxygen atoms in total. The van der Waals surface area contributed by atoms with Crippen LogP contribution in [0.3, 0.4) is 0 Å². The van der Waals surface area contributed by atoms with Crippen LogP contribution >= 0.6 is 0 Å². The van der Waals surface area contributed by atoms with Crippen molar-refractivity contribution in [2.75, 3.05) is 11.1 Å². The Morgan fingerprint density at radius 3 is 2.30 bits per heavy atom. The van der Waals surface area contributed by atoms with Gasteiger partial charge in [0.15, 0.2) is 17.5 Å². The summed E-state index contributed by atoms with van der Waals surface area (Å²) in [6.45, 7) is 0. The Morgan fingerprint density at radius 1 is 1.15 bits per heavy atom. The normalized spacial score (nSPS) is 10.3. The summed E-state index contributed by atoms with van der Waals surface area (Å²) in [6.07, 6.45) is 0. The summed E-state index contributed by atoms with van der Waals surface area (Å²) in [4.78, 5) is 13.7. The molecule has 1 aromatic heterocycles. The topological polar surface area (TPSA) is 94.1 Å². The van der Waals surface area contributed by atoms with E-state index in [1.807, 2.05) is 0 Å². The molecule has 1 heterocycles. The molecule has 104 valence electrons. The third kappa shape index (κ3) is 2.76. The van der Waals surface area contributed by atoms with Gasteiger partial charge in [-0.3, -0.25) is 10.1 Å². The summed E-state index contributed by atoms with van der Waals surface area (Å²) in [5.41, 5.74) is 4.87. The number of nitrogens with one attached hydrogen (secondary N) is 1. The highest BCUT2D eigenvalue weighted by Gasteiger charge is 2.13. The lowest BCUT2D eigenvalue weighted by molar-refractivity contribution is -0.384. The summed E-state index contributed by atoms with van der Waals surface area (Å²) < 4.78 is 38.8.